The normalized spacial score (nSPS) is 17.0. The zero-order valence-corrected chi connectivity index (χ0v) is 15.7. The second-order valence-electron chi connectivity index (χ2n) is 6.34. The molecule has 1 heterocycles. The zero-order chi connectivity index (χ0) is 17.9. The minimum absolute atomic E-state index is 0.0187. The first kappa shape index (κ1) is 17.3. The molecule has 0 radical (unpaired) electrons. The molecular weight excluding hydrogens is 366 g/mol. The maximum atomic E-state index is 12.1. The largest absolute Gasteiger partial charge is 0.298 e. The molecule has 4 rings (SSSR count). The van der Waals surface area contributed by atoms with Gasteiger partial charge in [0.05, 0.1) is 5.25 Å². The minimum Gasteiger partial charge on any atom is -0.298 e. The van der Waals surface area contributed by atoms with Crippen LogP contribution in [0, 0.1) is 0 Å². The molecule has 26 heavy (non-hydrogen) atoms. The molecule has 0 aliphatic heterocycles. The fourth-order valence-corrected chi connectivity index (χ4v) is 4.47. The molecule has 4 nitrogen and oxygen atoms in total. The Labute approximate surface area is 161 Å². The molecular formula is C20H18ClN3OS. The minimum atomic E-state index is -0.0187. The Morgan fingerprint density at radius 2 is 1.85 bits per heavy atom. The van der Waals surface area contributed by atoms with Crippen LogP contribution < -0.4 is 0 Å². The summed E-state index contributed by atoms with van der Waals surface area (Å²) in [4.78, 5) is 12.1. The number of carbonyl (C=O) groups is 1. The van der Waals surface area contributed by atoms with Crippen molar-refractivity contribution in [2.45, 2.75) is 36.1 Å². The molecule has 1 saturated carbocycles. The Morgan fingerprint density at radius 1 is 1.08 bits per heavy atom. The number of hydrogen-bond donors (Lipinski definition) is 0. The predicted octanol–water partition coefficient (Wildman–Crippen LogP) is 4.73. The third-order valence-electron chi connectivity index (χ3n) is 4.49. The van der Waals surface area contributed by atoms with Crippen molar-refractivity contribution >= 4 is 29.1 Å². The average Bonchev–Trinajstić information content (AvgIpc) is 3.24. The monoisotopic (exact) mass is 383 g/mol. The molecule has 0 bridgehead atoms. The lowest BCUT2D eigenvalue weighted by molar-refractivity contribution is -0.116. The number of carbonyl (C=O) groups excluding carboxylic acids is 1. The van der Waals surface area contributed by atoms with Gasteiger partial charge in [-0.25, -0.2) is 0 Å². The third-order valence-corrected chi connectivity index (χ3v) is 6.00. The highest BCUT2D eigenvalue weighted by molar-refractivity contribution is 8.00. The second kappa shape index (κ2) is 7.64. The van der Waals surface area contributed by atoms with Crippen molar-refractivity contribution in [2.24, 2.45) is 0 Å². The highest BCUT2D eigenvalue weighted by Crippen LogP contribution is 2.33. The number of nitrogens with zero attached hydrogens (tertiary/aromatic N) is 3. The summed E-state index contributed by atoms with van der Waals surface area (Å²) in [5.74, 6) is 1.16. The smallest absolute Gasteiger partial charge is 0.196 e. The van der Waals surface area contributed by atoms with Gasteiger partial charge in [0.15, 0.2) is 5.16 Å². The van der Waals surface area contributed by atoms with Gasteiger partial charge in [0.25, 0.3) is 0 Å². The van der Waals surface area contributed by atoms with E-state index >= 15 is 0 Å². The number of thioether (sulfide) groups is 1. The van der Waals surface area contributed by atoms with E-state index < -0.39 is 0 Å². The zero-order valence-electron chi connectivity index (χ0n) is 14.1. The molecule has 1 aliphatic carbocycles. The van der Waals surface area contributed by atoms with E-state index in [1.54, 1.807) is 0 Å². The summed E-state index contributed by atoms with van der Waals surface area (Å²) in [6, 6.07) is 17.8. The lowest BCUT2D eigenvalue weighted by Crippen LogP contribution is -2.10. The average molecular weight is 384 g/mol. The molecule has 2 aromatic carbocycles. The van der Waals surface area contributed by atoms with Crippen molar-refractivity contribution in [1.82, 2.24) is 14.8 Å². The fraction of sp³-hybridized carbons (Fsp3) is 0.250. The Morgan fingerprint density at radius 3 is 2.54 bits per heavy atom. The van der Waals surface area contributed by atoms with Crippen LogP contribution in [-0.2, 0) is 11.2 Å². The fourth-order valence-electron chi connectivity index (χ4n) is 3.15. The third kappa shape index (κ3) is 3.69. The first-order valence-corrected chi connectivity index (χ1v) is 9.90. The van der Waals surface area contributed by atoms with E-state index in [2.05, 4.69) is 22.3 Å². The maximum absolute atomic E-state index is 12.1. The molecule has 1 fully saturated rings. The number of benzene rings is 2. The number of rotatable bonds is 5. The number of aromatic nitrogens is 3. The summed E-state index contributed by atoms with van der Waals surface area (Å²) in [5, 5.41) is 10.3. The van der Waals surface area contributed by atoms with E-state index in [4.69, 9.17) is 11.6 Å². The van der Waals surface area contributed by atoms with Gasteiger partial charge in [-0.05, 0) is 42.7 Å². The highest BCUT2D eigenvalue weighted by Gasteiger charge is 2.28. The summed E-state index contributed by atoms with van der Waals surface area (Å²) in [5.41, 5.74) is 2.13. The Balaban J connectivity index is 1.71. The molecule has 1 atom stereocenters. The van der Waals surface area contributed by atoms with Crippen LogP contribution in [0.5, 0.6) is 0 Å². The first-order valence-electron chi connectivity index (χ1n) is 8.64. The van der Waals surface area contributed by atoms with Crippen molar-refractivity contribution in [2.75, 3.05) is 0 Å². The van der Waals surface area contributed by atoms with Crippen molar-refractivity contribution in [3.63, 3.8) is 0 Å². The number of hydrogen-bond acceptors (Lipinski definition) is 4. The van der Waals surface area contributed by atoms with Gasteiger partial charge in [-0.15, -0.1) is 10.2 Å². The lowest BCUT2D eigenvalue weighted by atomic mass is 10.1. The number of ketones is 1. The molecule has 3 aromatic rings. The summed E-state index contributed by atoms with van der Waals surface area (Å²) in [6.07, 6.45) is 3.21. The van der Waals surface area contributed by atoms with Crippen LogP contribution in [0.2, 0.25) is 5.02 Å². The molecule has 0 unspecified atom stereocenters. The van der Waals surface area contributed by atoms with Crippen LogP contribution in [0.25, 0.3) is 5.69 Å². The van der Waals surface area contributed by atoms with Crippen molar-refractivity contribution in [3.8, 4) is 5.69 Å². The predicted molar refractivity (Wildman–Crippen MR) is 104 cm³/mol. The van der Waals surface area contributed by atoms with E-state index in [9.17, 15) is 4.79 Å². The van der Waals surface area contributed by atoms with Crippen molar-refractivity contribution in [1.29, 1.82) is 0 Å². The molecule has 0 N–H and O–H groups in total. The Hall–Kier alpha value is -2.11. The lowest BCUT2D eigenvalue weighted by Gasteiger charge is -2.12. The van der Waals surface area contributed by atoms with E-state index in [0.717, 1.165) is 29.5 Å². The van der Waals surface area contributed by atoms with Gasteiger partial charge in [0, 0.05) is 23.6 Å². The van der Waals surface area contributed by atoms with Gasteiger partial charge in [-0.3, -0.25) is 9.36 Å². The van der Waals surface area contributed by atoms with Gasteiger partial charge >= 0.3 is 0 Å². The van der Waals surface area contributed by atoms with E-state index in [0.29, 0.717) is 23.6 Å². The summed E-state index contributed by atoms with van der Waals surface area (Å²) in [7, 11) is 0. The summed E-state index contributed by atoms with van der Waals surface area (Å²) >= 11 is 7.57. The number of halogens is 1. The molecule has 132 valence electrons. The van der Waals surface area contributed by atoms with E-state index in [1.807, 2.05) is 47.0 Å². The van der Waals surface area contributed by atoms with Crippen LogP contribution in [0.4, 0.5) is 0 Å². The van der Waals surface area contributed by atoms with Gasteiger partial charge in [0.2, 0.25) is 0 Å². The van der Waals surface area contributed by atoms with Crippen molar-refractivity contribution in [3.05, 3.63) is 71.0 Å². The SMILES string of the molecule is O=C1CCC[C@@H]1Sc1nnc(Cc2ccccc2)n1-c1ccc(Cl)cc1. The maximum Gasteiger partial charge on any atom is 0.196 e. The highest BCUT2D eigenvalue weighted by atomic mass is 35.5. The van der Waals surface area contributed by atoms with Gasteiger partial charge < -0.3 is 0 Å². The topological polar surface area (TPSA) is 47.8 Å². The molecule has 1 aliphatic rings. The van der Waals surface area contributed by atoms with Crippen LogP contribution in [0.1, 0.15) is 30.7 Å². The first-order chi connectivity index (χ1) is 12.7. The summed E-state index contributed by atoms with van der Waals surface area (Å²) in [6.45, 7) is 0. The molecule has 0 amide bonds. The van der Waals surface area contributed by atoms with Gasteiger partial charge in [0.1, 0.15) is 11.6 Å². The van der Waals surface area contributed by atoms with Gasteiger partial charge in [-0.2, -0.15) is 0 Å². The van der Waals surface area contributed by atoms with Gasteiger partial charge in [-0.1, -0.05) is 53.7 Å². The van der Waals surface area contributed by atoms with E-state index in [1.165, 1.54) is 17.3 Å². The van der Waals surface area contributed by atoms with Crippen LogP contribution in [0.3, 0.4) is 0 Å². The number of Topliss-reactive ketones (excluding diaryl/α,β-unsaturated/α-hetero) is 1. The molecule has 6 heteroatoms. The molecule has 0 spiro atoms. The van der Waals surface area contributed by atoms with Crippen LogP contribution in [0.15, 0.2) is 59.8 Å². The van der Waals surface area contributed by atoms with Crippen LogP contribution in [-0.4, -0.2) is 25.8 Å². The molecule has 1 aromatic heterocycles. The van der Waals surface area contributed by atoms with Crippen molar-refractivity contribution < 1.29 is 4.79 Å². The second-order valence-corrected chi connectivity index (χ2v) is 7.94. The van der Waals surface area contributed by atoms with Crippen LogP contribution >= 0.6 is 23.4 Å². The summed E-state index contributed by atoms with van der Waals surface area (Å²) < 4.78 is 2.04. The standard InChI is InChI=1S/C20H18ClN3OS/c21-15-9-11-16(12-10-15)24-19(13-14-5-2-1-3-6-14)22-23-20(24)26-18-8-4-7-17(18)25/h1-3,5-6,9-12,18H,4,7-8,13H2/t18-/m0/s1. The Kier molecular flexibility index (Phi) is 5.09. The van der Waals surface area contributed by atoms with E-state index in [-0.39, 0.29) is 5.25 Å². The Bertz CT molecular complexity index is 909. The molecule has 0 saturated heterocycles. The quantitative estimate of drug-likeness (QED) is 0.639.